The van der Waals surface area contributed by atoms with Crippen LogP contribution in [0.25, 0.3) is 6.08 Å². The number of amides is 2. The first-order chi connectivity index (χ1) is 15.5. The first-order valence-corrected chi connectivity index (χ1v) is 10.3. The Balaban J connectivity index is 1.66. The summed E-state index contributed by atoms with van der Waals surface area (Å²) in [6.45, 7) is -1.17. The Kier molecular flexibility index (Phi) is 7.37. The van der Waals surface area contributed by atoms with E-state index in [9.17, 15) is 32.9 Å². The minimum atomic E-state index is -4.49. The van der Waals surface area contributed by atoms with E-state index in [1.165, 1.54) is 36.4 Å². The number of nitrogens with zero attached hydrogens (tertiary/aromatic N) is 2. The lowest BCUT2D eigenvalue weighted by Crippen LogP contribution is -2.33. The molecule has 3 rings (SSSR count). The average molecular weight is 482 g/mol. The lowest BCUT2D eigenvalue weighted by molar-refractivity contribution is -0.384. The van der Waals surface area contributed by atoms with Crippen LogP contribution in [0, 0.1) is 10.1 Å². The highest BCUT2D eigenvalue weighted by atomic mass is 35.5. The second kappa shape index (κ2) is 10.0. The maximum Gasteiger partial charge on any atom is 0.405 e. The van der Waals surface area contributed by atoms with Gasteiger partial charge in [-0.1, -0.05) is 29.8 Å². The van der Waals surface area contributed by atoms with Gasteiger partial charge in [-0.05, 0) is 48.2 Å². The van der Waals surface area contributed by atoms with Crippen molar-refractivity contribution in [2.24, 2.45) is 0 Å². The summed E-state index contributed by atoms with van der Waals surface area (Å²) in [6.07, 6.45) is -0.0294. The topological polar surface area (TPSA) is 92.6 Å². The molecule has 1 aliphatic carbocycles. The Labute approximate surface area is 192 Å². The van der Waals surface area contributed by atoms with Crippen LogP contribution >= 0.6 is 11.6 Å². The first-order valence-electron chi connectivity index (χ1n) is 9.90. The number of carbonyl (C=O) groups is 2. The lowest BCUT2D eigenvalue weighted by Gasteiger charge is -2.21. The van der Waals surface area contributed by atoms with E-state index in [0.717, 1.165) is 12.8 Å². The van der Waals surface area contributed by atoms with Gasteiger partial charge in [0.15, 0.2) is 0 Å². The van der Waals surface area contributed by atoms with E-state index in [2.05, 4.69) is 0 Å². The largest absolute Gasteiger partial charge is 0.405 e. The quantitative estimate of drug-likeness (QED) is 0.335. The molecule has 7 nitrogen and oxygen atoms in total. The zero-order chi connectivity index (χ0) is 24.2. The average Bonchev–Trinajstić information content (AvgIpc) is 3.60. The van der Waals surface area contributed by atoms with Gasteiger partial charge in [-0.25, -0.2) is 0 Å². The fourth-order valence-electron chi connectivity index (χ4n) is 3.05. The molecule has 1 N–H and O–H groups in total. The lowest BCUT2D eigenvalue weighted by atomic mass is 10.1. The van der Waals surface area contributed by atoms with Crippen molar-refractivity contribution in [1.82, 2.24) is 10.2 Å². The van der Waals surface area contributed by atoms with Crippen LogP contribution < -0.4 is 5.32 Å². The number of benzene rings is 2. The summed E-state index contributed by atoms with van der Waals surface area (Å²) < 4.78 is 36.7. The van der Waals surface area contributed by atoms with Gasteiger partial charge in [-0.3, -0.25) is 19.7 Å². The molecule has 1 aliphatic rings. The molecule has 0 aliphatic heterocycles. The van der Waals surface area contributed by atoms with E-state index in [4.69, 9.17) is 11.6 Å². The number of nitro groups is 1. The van der Waals surface area contributed by atoms with Gasteiger partial charge in [0.25, 0.3) is 11.6 Å². The molecule has 2 aromatic rings. The van der Waals surface area contributed by atoms with E-state index in [1.807, 2.05) is 0 Å². The number of hydrogen-bond donors (Lipinski definition) is 1. The molecular weight excluding hydrogens is 463 g/mol. The van der Waals surface area contributed by atoms with E-state index >= 15 is 0 Å². The summed E-state index contributed by atoms with van der Waals surface area (Å²) in [5.74, 6) is -1.13. The molecule has 174 valence electrons. The van der Waals surface area contributed by atoms with Crippen LogP contribution in [0.1, 0.15) is 34.3 Å². The molecule has 0 radical (unpaired) electrons. The van der Waals surface area contributed by atoms with Gasteiger partial charge in [0.2, 0.25) is 5.91 Å². The van der Waals surface area contributed by atoms with Gasteiger partial charge in [-0.2, -0.15) is 13.2 Å². The Morgan fingerprint density at radius 3 is 2.42 bits per heavy atom. The van der Waals surface area contributed by atoms with Gasteiger partial charge < -0.3 is 10.2 Å². The summed E-state index contributed by atoms with van der Waals surface area (Å²) in [7, 11) is 0. The second-order valence-corrected chi connectivity index (χ2v) is 7.90. The molecule has 1 saturated carbocycles. The second-order valence-electron chi connectivity index (χ2n) is 7.49. The molecule has 2 aromatic carbocycles. The van der Waals surface area contributed by atoms with Crippen LogP contribution in [-0.2, 0) is 11.3 Å². The summed E-state index contributed by atoms with van der Waals surface area (Å²) in [6, 6.07) is 10.2. The zero-order valence-electron chi connectivity index (χ0n) is 17.1. The molecule has 33 heavy (non-hydrogen) atoms. The third-order valence-electron chi connectivity index (χ3n) is 4.87. The molecule has 0 bridgehead atoms. The van der Waals surface area contributed by atoms with Crippen LogP contribution in [0.4, 0.5) is 18.9 Å². The predicted octanol–water partition coefficient (Wildman–Crippen LogP) is 4.74. The number of hydrogen-bond acceptors (Lipinski definition) is 4. The van der Waals surface area contributed by atoms with Crippen molar-refractivity contribution in [1.29, 1.82) is 0 Å². The van der Waals surface area contributed by atoms with Crippen molar-refractivity contribution < 1.29 is 27.7 Å². The fourth-order valence-corrected chi connectivity index (χ4v) is 3.24. The normalized spacial score (nSPS) is 13.7. The van der Waals surface area contributed by atoms with Crippen molar-refractivity contribution in [3.05, 3.63) is 80.4 Å². The molecule has 2 amide bonds. The highest BCUT2D eigenvalue weighted by molar-refractivity contribution is 6.32. The highest BCUT2D eigenvalue weighted by Gasteiger charge is 2.31. The molecule has 0 aromatic heterocycles. The van der Waals surface area contributed by atoms with Gasteiger partial charge in [0, 0.05) is 30.3 Å². The van der Waals surface area contributed by atoms with Crippen molar-refractivity contribution in [3.8, 4) is 0 Å². The minimum Gasteiger partial charge on any atom is -0.343 e. The number of halogens is 4. The molecule has 0 spiro atoms. The first kappa shape index (κ1) is 24.2. The molecule has 0 atom stereocenters. The van der Waals surface area contributed by atoms with E-state index < -0.39 is 23.6 Å². The van der Waals surface area contributed by atoms with Crippen LogP contribution in [0.15, 0.2) is 48.5 Å². The molecule has 11 heteroatoms. The van der Waals surface area contributed by atoms with E-state index in [1.54, 1.807) is 28.4 Å². The third-order valence-corrected chi connectivity index (χ3v) is 5.19. The standard InChI is InChI=1S/C22H19ClF3N3O4/c23-18-9-3-14(11-19(18)29(32)33)4-10-20(30)28(17-7-8-17)12-15-1-5-16(6-2-15)21(31)27-13-22(24,25)26/h1-6,9-11,17H,7-8,12-13H2,(H,27,31)/b10-4+. The van der Waals surface area contributed by atoms with Crippen LogP contribution in [0.2, 0.25) is 5.02 Å². The summed E-state index contributed by atoms with van der Waals surface area (Å²) in [5, 5.41) is 12.8. The molecular formula is C22H19ClF3N3O4. The summed E-state index contributed by atoms with van der Waals surface area (Å²) >= 11 is 5.80. The Morgan fingerprint density at radius 2 is 1.85 bits per heavy atom. The molecule has 0 saturated heterocycles. The predicted molar refractivity (Wildman–Crippen MR) is 116 cm³/mol. The maximum atomic E-state index is 12.8. The van der Waals surface area contributed by atoms with Gasteiger partial charge in [-0.15, -0.1) is 0 Å². The summed E-state index contributed by atoms with van der Waals surface area (Å²) in [4.78, 5) is 36.6. The Morgan fingerprint density at radius 1 is 1.18 bits per heavy atom. The molecule has 1 fully saturated rings. The fraction of sp³-hybridized carbons (Fsp3) is 0.273. The SMILES string of the molecule is O=C(NCC(F)(F)F)c1ccc(CN(C(=O)/C=C/c2ccc(Cl)c([N+](=O)[O-])c2)C2CC2)cc1. The summed E-state index contributed by atoms with van der Waals surface area (Å²) in [5.41, 5.74) is 0.976. The smallest absolute Gasteiger partial charge is 0.343 e. The molecule has 0 heterocycles. The van der Waals surface area contributed by atoms with E-state index in [-0.39, 0.29) is 34.8 Å². The van der Waals surface area contributed by atoms with E-state index in [0.29, 0.717) is 11.1 Å². The van der Waals surface area contributed by atoms with Crippen LogP contribution in [-0.4, -0.2) is 40.4 Å². The van der Waals surface area contributed by atoms with Crippen LogP contribution in [0.5, 0.6) is 0 Å². The highest BCUT2D eigenvalue weighted by Crippen LogP contribution is 2.29. The maximum absolute atomic E-state index is 12.8. The van der Waals surface area contributed by atoms with Crippen molar-refractivity contribution in [2.45, 2.75) is 31.6 Å². The molecule has 0 unspecified atom stereocenters. The van der Waals surface area contributed by atoms with Gasteiger partial charge in [0.1, 0.15) is 11.6 Å². The monoisotopic (exact) mass is 481 g/mol. The Bertz CT molecular complexity index is 1080. The third kappa shape index (κ3) is 7.04. The zero-order valence-corrected chi connectivity index (χ0v) is 17.9. The number of rotatable bonds is 8. The van der Waals surface area contributed by atoms with Crippen molar-refractivity contribution in [2.75, 3.05) is 6.54 Å². The minimum absolute atomic E-state index is 0.00128. The number of nitro benzene ring substituents is 1. The Hall–Kier alpha value is -3.40. The number of carbonyl (C=O) groups excluding carboxylic acids is 2. The van der Waals surface area contributed by atoms with Crippen molar-refractivity contribution in [3.63, 3.8) is 0 Å². The number of alkyl halides is 3. The van der Waals surface area contributed by atoms with Crippen molar-refractivity contribution >= 4 is 35.2 Å². The van der Waals surface area contributed by atoms with Gasteiger partial charge >= 0.3 is 6.18 Å². The van der Waals surface area contributed by atoms with Crippen LogP contribution in [0.3, 0.4) is 0 Å². The van der Waals surface area contributed by atoms with Gasteiger partial charge in [0.05, 0.1) is 4.92 Å². The number of nitrogens with one attached hydrogen (secondary N) is 1.